The molecular weight excluding hydrogens is 194 g/mol. The maximum Gasteiger partial charge on any atom is 0.162 e. The number of anilines is 1. The molecule has 2 heterocycles. The van der Waals surface area contributed by atoms with Gasteiger partial charge in [0, 0.05) is 27.6 Å². The summed E-state index contributed by atoms with van der Waals surface area (Å²) in [6.45, 7) is 3.98. The predicted octanol–water partition coefficient (Wildman–Crippen LogP) is 2.40. The molecule has 0 amide bonds. The number of hydrogen-bond acceptors (Lipinski definition) is 4. The number of hydrogen-bond donors (Lipinski definition) is 1. The summed E-state index contributed by atoms with van der Waals surface area (Å²) in [6, 6.07) is 3.83. The monoisotopic (exact) mass is 205 g/mol. The predicted molar refractivity (Wildman–Crippen MR) is 59.2 cm³/mol. The molecule has 72 valence electrons. The fourth-order valence-corrected chi connectivity index (χ4v) is 1.96. The van der Waals surface area contributed by atoms with Gasteiger partial charge in [0.15, 0.2) is 5.82 Å². The minimum Gasteiger partial charge on any atom is -0.384 e. The summed E-state index contributed by atoms with van der Waals surface area (Å²) in [4.78, 5) is 9.78. The van der Waals surface area contributed by atoms with Crippen LogP contribution in [0.4, 0.5) is 5.82 Å². The number of nitrogen functional groups attached to an aromatic ring is 1. The Kier molecular flexibility index (Phi) is 2.21. The Morgan fingerprint density at radius 2 is 2.00 bits per heavy atom. The van der Waals surface area contributed by atoms with Crippen LogP contribution in [0.1, 0.15) is 10.6 Å². The highest BCUT2D eigenvalue weighted by Gasteiger charge is 2.04. The lowest BCUT2D eigenvalue weighted by Gasteiger charge is -1.99. The molecule has 0 aromatic carbocycles. The molecule has 0 unspecified atom stereocenters. The van der Waals surface area contributed by atoms with E-state index in [1.807, 2.05) is 12.3 Å². The van der Waals surface area contributed by atoms with E-state index in [0.29, 0.717) is 11.6 Å². The van der Waals surface area contributed by atoms with Gasteiger partial charge < -0.3 is 5.73 Å². The second kappa shape index (κ2) is 3.38. The van der Waals surface area contributed by atoms with Gasteiger partial charge in [0.25, 0.3) is 0 Å². The zero-order valence-electron chi connectivity index (χ0n) is 8.11. The van der Waals surface area contributed by atoms with Crippen molar-refractivity contribution in [2.75, 3.05) is 5.73 Å². The van der Waals surface area contributed by atoms with Gasteiger partial charge in [0.1, 0.15) is 5.82 Å². The summed E-state index contributed by atoms with van der Waals surface area (Å²) < 4.78 is 0. The van der Waals surface area contributed by atoms with Crippen LogP contribution in [-0.2, 0) is 0 Å². The van der Waals surface area contributed by atoms with Gasteiger partial charge in [-0.2, -0.15) is 0 Å². The van der Waals surface area contributed by atoms with E-state index in [9.17, 15) is 0 Å². The Balaban J connectivity index is 2.51. The molecule has 0 radical (unpaired) electrons. The van der Waals surface area contributed by atoms with Gasteiger partial charge in [-0.3, -0.25) is 0 Å². The molecule has 0 spiro atoms. The van der Waals surface area contributed by atoms with E-state index < -0.39 is 0 Å². The van der Waals surface area contributed by atoms with Crippen LogP contribution in [-0.4, -0.2) is 9.97 Å². The Hall–Kier alpha value is -1.42. The second-order valence-corrected chi connectivity index (χ2v) is 4.32. The quantitative estimate of drug-likeness (QED) is 0.777. The fourth-order valence-electron chi connectivity index (χ4n) is 1.28. The summed E-state index contributed by atoms with van der Waals surface area (Å²) in [6.07, 6.45) is 0. The summed E-state index contributed by atoms with van der Waals surface area (Å²) in [7, 11) is 0. The molecule has 2 aromatic heterocycles. The highest BCUT2D eigenvalue weighted by molar-refractivity contribution is 7.10. The van der Waals surface area contributed by atoms with Gasteiger partial charge in [-0.15, -0.1) is 11.3 Å². The number of rotatable bonds is 1. The van der Waals surface area contributed by atoms with Crippen LogP contribution >= 0.6 is 11.3 Å². The van der Waals surface area contributed by atoms with Crippen molar-refractivity contribution in [3.63, 3.8) is 0 Å². The van der Waals surface area contributed by atoms with Crippen LogP contribution in [0.15, 0.2) is 17.5 Å². The van der Waals surface area contributed by atoms with E-state index in [4.69, 9.17) is 5.73 Å². The average Bonchev–Trinajstić information content (AvgIpc) is 2.50. The Morgan fingerprint density at radius 1 is 1.21 bits per heavy atom. The highest BCUT2D eigenvalue weighted by atomic mass is 32.1. The summed E-state index contributed by atoms with van der Waals surface area (Å²) in [5.41, 5.74) is 7.60. The zero-order chi connectivity index (χ0) is 10.1. The van der Waals surface area contributed by atoms with Crippen LogP contribution < -0.4 is 5.73 Å². The molecule has 14 heavy (non-hydrogen) atoms. The van der Waals surface area contributed by atoms with Crippen LogP contribution in [0.25, 0.3) is 11.4 Å². The van der Waals surface area contributed by atoms with Crippen molar-refractivity contribution >= 4 is 17.2 Å². The van der Waals surface area contributed by atoms with Gasteiger partial charge in [-0.25, -0.2) is 9.97 Å². The van der Waals surface area contributed by atoms with Gasteiger partial charge in [-0.05, 0) is 19.9 Å². The smallest absolute Gasteiger partial charge is 0.162 e. The molecule has 2 rings (SSSR count). The maximum atomic E-state index is 5.66. The zero-order valence-corrected chi connectivity index (χ0v) is 8.93. The number of aryl methyl sites for hydroxylation is 2. The number of nitrogens with zero attached hydrogens (tertiary/aromatic N) is 2. The molecule has 0 aliphatic rings. The molecule has 3 nitrogen and oxygen atoms in total. The van der Waals surface area contributed by atoms with Crippen LogP contribution in [0.3, 0.4) is 0 Å². The number of aromatic nitrogens is 2. The number of nitrogens with two attached hydrogens (primary N) is 1. The van der Waals surface area contributed by atoms with Gasteiger partial charge >= 0.3 is 0 Å². The first kappa shape index (κ1) is 9.15. The average molecular weight is 205 g/mol. The van der Waals surface area contributed by atoms with Crippen LogP contribution in [0.5, 0.6) is 0 Å². The van der Waals surface area contributed by atoms with E-state index >= 15 is 0 Å². The topological polar surface area (TPSA) is 51.8 Å². The van der Waals surface area contributed by atoms with Crippen molar-refractivity contribution in [3.8, 4) is 11.4 Å². The van der Waals surface area contributed by atoms with E-state index in [-0.39, 0.29) is 0 Å². The largest absolute Gasteiger partial charge is 0.384 e. The molecule has 0 aliphatic heterocycles. The van der Waals surface area contributed by atoms with Crippen molar-refractivity contribution in [3.05, 3.63) is 28.1 Å². The van der Waals surface area contributed by atoms with Crippen molar-refractivity contribution in [2.24, 2.45) is 0 Å². The molecule has 0 aliphatic carbocycles. The standard InChI is InChI=1S/C10H11N3S/c1-6-3-9(11)13-10(12-6)8-4-7(2)14-5-8/h3-5H,1-2H3,(H2,11,12,13). The summed E-state index contributed by atoms with van der Waals surface area (Å²) in [5, 5.41) is 2.05. The Labute approximate surface area is 86.6 Å². The Bertz CT molecular complexity index is 442. The lowest BCUT2D eigenvalue weighted by molar-refractivity contribution is 1.12. The molecule has 0 bridgehead atoms. The SMILES string of the molecule is Cc1cc(N)nc(-c2csc(C)c2)n1. The molecule has 4 heteroatoms. The third kappa shape index (κ3) is 1.75. The van der Waals surface area contributed by atoms with E-state index in [1.54, 1.807) is 17.4 Å². The molecule has 0 saturated heterocycles. The highest BCUT2D eigenvalue weighted by Crippen LogP contribution is 2.22. The lowest BCUT2D eigenvalue weighted by Crippen LogP contribution is -1.96. The molecule has 0 fully saturated rings. The molecule has 0 saturated carbocycles. The van der Waals surface area contributed by atoms with E-state index in [0.717, 1.165) is 11.3 Å². The van der Waals surface area contributed by atoms with Crippen molar-refractivity contribution in [2.45, 2.75) is 13.8 Å². The van der Waals surface area contributed by atoms with Crippen LogP contribution in [0, 0.1) is 13.8 Å². The first-order chi connectivity index (χ1) is 6.65. The van der Waals surface area contributed by atoms with Crippen molar-refractivity contribution in [1.82, 2.24) is 9.97 Å². The lowest BCUT2D eigenvalue weighted by atomic mass is 10.3. The van der Waals surface area contributed by atoms with Crippen molar-refractivity contribution in [1.29, 1.82) is 0 Å². The fraction of sp³-hybridized carbons (Fsp3) is 0.200. The first-order valence-corrected chi connectivity index (χ1v) is 5.20. The Morgan fingerprint density at radius 3 is 2.57 bits per heavy atom. The second-order valence-electron chi connectivity index (χ2n) is 3.20. The van der Waals surface area contributed by atoms with Gasteiger partial charge in [-0.1, -0.05) is 0 Å². The molecular formula is C10H11N3S. The van der Waals surface area contributed by atoms with E-state index in [2.05, 4.69) is 23.0 Å². The summed E-state index contributed by atoms with van der Waals surface area (Å²) in [5.74, 6) is 1.24. The minimum atomic E-state index is 0.524. The molecule has 0 atom stereocenters. The third-order valence-corrected chi connectivity index (χ3v) is 2.72. The molecule has 2 N–H and O–H groups in total. The first-order valence-electron chi connectivity index (χ1n) is 4.32. The van der Waals surface area contributed by atoms with E-state index in [1.165, 1.54) is 4.88 Å². The van der Waals surface area contributed by atoms with Crippen molar-refractivity contribution < 1.29 is 0 Å². The number of thiophene rings is 1. The normalized spacial score (nSPS) is 10.4. The maximum absolute atomic E-state index is 5.66. The summed E-state index contributed by atoms with van der Waals surface area (Å²) >= 11 is 1.69. The minimum absolute atomic E-state index is 0.524. The molecule has 2 aromatic rings. The van der Waals surface area contributed by atoms with Crippen LogP contribution in [0.2, 0.25) is 0 Å². The third-order valence-electron chi connectivity index (χ3n) is 1.86. The van der Waals surface area contributed by atoms with Gasteiger partial charge in [0.05, 0.1) is 0 Å². The van der Waals surface area contributed by atoms with Gasteiger partial charge in [0.2, 0.25) is 0 Å².